The number of anilines is 4. The molecule has 12 nitrogen and oxygen atoms in total. The van der Waals surface area contributed by atoms with Crippen LogP contribution in [0, 0.1) is 25.5 Å². The lowest BCUT2D eigenvalue weighted by Gasteiger charge is -2.20. The number of nitrogens with two attached hydrogens (primary N) is 2. The molecule has 5 rings (SSSR count). The number of hydrogen-bond acceptors (Lipinski definition) is 12. The quantitative estimate of drug-likeness (QED) is 0.0185. The molecule has 0 bridgehead atoms. The summed E-state index contributed by atoms with van der Waals surface area (Å²) in [4.78, 5) is 36.5. The third-order valence-corrected chi connectivity index (χ3v) is 11.8. The van der Waals surface area contributed by atoms with E-state index in [1.54, 1.807) is 38.1 Å². The molecule has 1 heterocycles. The lowest BCUT2D eigenvalue weighted by atomic mass is 10.1. The fourth-order valence-electron chi connectivity index (χ4n) is 4.75. The number of ether oxygens (including phenoxy) is 2. The van der Waals surface area contributed by atoms with Gasteiger partial charge in [0.25, 0.3) is 0 Å². The molecular formula is C45H56ClF2N8O4PS3. The van der Waals surface area contributed by atoms with E-state index in [4.69, 9.17) is 44.8 Å². The summed E-state index contributed by atoms with van der Waals surface area (Å²) in [7, 11) is 10.7. The topological polar surface area (TPSA) is 160 Å². The number of nitrogens with one attached hydrogen (secondary N) is 2. The van der Waals surface area contributed by atoms with Crippen LogP contribution in [0.25, 0.3) is 0 Å². The van der Waals surface area contributed by atoms with Gasteiger partial charge in [0, 0.05) is 40.1 Å². The Morgan fingerprint density at radius 1 is 0.859 bits per heavy atom. The normalized spacial score (nSPS) is 12.0. The number of benzene rings is 4. The monoisotopic (exact) mass is 972 g/mol. The fraction of sp³-hybridized carbons (Fsp3) is 0.311. The number of carbonyl (C=O) groups excluding carboxylic acids is 2. The number of aliphatic imine (C=N–C) groups is 1. The summed E-state index contributed by atoms with van der Waals surface area (Å²) in [5, 5.41) is 7.44. The highest BCUT2D eigenvalue weighted by atomic mass is 35.5. The van der Waals surface area contributed by atoms with Gasteiger partial charge in [-0.05, 0) is 140 Å². The summed E-state index contributed by atoms with van der Waals surface area (Å²) in [5.41, 5.74) is 15.7. The number of thioether (sulfide) groups is 1. The minimum absolute atomic E-state index is 0.109. The molecule has 0 fully saturated rings. The second kappa shape index (κ2) is 26.9. The molecule has 0 aliphatic heterocycles. The van der Waals surface area contributed by atoms with E-state index >= 15 is 0 Å². The number of thiazole rings is 1. The molecule has 6 N–H and O–H groups in total. The summed E-state index contributed by atoms with van der Waals surface area (Å²) in [6, 6.07) is 24.4. The largest absolute Gasteiger partial charge is 0.492 e. The number of nitrogens with zero attached hydrogens (tertiary/aromatic N) is 4. The predicted molar refractivity (Wildman–Crippen MR) is 271 cm³/mol. The Morgan fingerprint density at radius 3 is 1.81 bits per heavy atom. The zero-order valence-corrected chi connectivity index (χ0v) is 41.4. The number of amidine groups is 1. The van der Waals surface area contributed by atoms with Crippen LogP contribution in [0.1, 0.15) is 50.6 Å². The Kier molecular flexibility index (Phi) is 22.5. The van der Waals surface area contributed by atoms with E-state index in [2.05, 4.69) is 53.5 Å². The standard InChI is InChI=1S/C22H25FN4O2S.C14H23N4OPS2.C9H8ClFO/c1-13-5-6-15(11-18(13)23)19(28)20-21(24)26-22(30-20)25-16-7-9-17(10-8-16)29-12-14(2)27(3)4;1-10(18(2)3)8-19-12-6-4-11(5-7-12)16-14(21)17-13(15)22-9-20;1-6-2-3-7(4-8(6)11)9(12)5-10/h5-11,14H,12,24H2,1-4H3,(H,25,26);4-7,10H,8-9,20H2,1-3H3,(H3,15,16,17,21);2-4H,5H2,1H3/t14-;10-;/m11./s1. The van der Waals surface area contributed by atoms with Crippen molar-refractivity contribution in [2.75, 3.05) is 69.1 Å². The van der Waals surface area contributed by atoms with Crippen molar-refractivity contribution in [1.82, 2.24) is 14.8 Å². The molecule has 0 radical (unpaired) electrons. The van der Waals surface area contributed by atoms with Crippen molar-refractivity contribution >= 4 is 100 Å². The lowest BCUT2D eigenvalue weighted by molar-refractivity contribution is 0.101. The first-order chi connectivity index (χ1) is 30.3. The number of Topliss-reactive ketones (excluding diaryl/α,β-unsaturated/α-hetero) is 1. The number of hydrogen-bond donors (Lipinski definition) is 4. The number of aromatic nitrogens is 1. The smallest absolute Gasteiger partial charge is 0.206 e. The minimum atomic E-state index is -0.426. The second-order valence-corrected chi connectivity index (χ2v) is 18.4. The summed E-state index contributed by atoms with van der Waals surface area (Å²) in [5.74, 6) is 0.201. The average Bonchev–Trinajstić information content (AvgIpc) is 3.63. The molecule has 3 atom stereocenters. The van der Waals surface area contributed by atoms with Gasteiger partial charge in [-0.2, -0.15) is 4.99 Å². The van der Waals surface area contributed by atoms with Crippen LogP contribution in [-0.2, 0) is 0 Å². The van der Waals surface area contributed by atoms with Crippen LogP contribution in [0.5, 0.6) is 11.5 Å². The molecule has 4 aromatic carbocycles. The van der Waals surface area contributed by atoms with E-state index in [0.29, 0.717) is 57.4 Å². The van der Waals surface area contributed by atoms with Crippen molar-refractivity contribution in [3.63, 3.8) is 0 Å². The van der Waals surface area contributed by atoms with Gasteiger partial charge in [0.05, 0.1) is 5.88 Å². The number of ketones is 2. The molecule has 1 unspecified atom stereocenters. The highest BCUT2D eigenvalue weighted by Crippen LogP contribution is 2.31. The van der Waals surface area contributed by atoms with Gasteiger partial charge >= 0.3 is 0 Å². The number of thiocarbonyl (C=S) groups is 1. The van der Waals surface area contributed by atoms with Crippen LogP contribution in [0.3, 0.4) is 0 Å². The summed E-state index contributed by atoms with van der Waals surface area (Å²) in [6.45, 7) is 8.73. The van der Waals surface area contributed by atoms with Gasteiger partial charge in [-0.1, -0.05) is 47.4 Å². The zero-order valence-electron chi connectivity index (χ0n) is 37.1. The van der Waals surface area contributed by atoms with Gasteiger partial charge in [-0.25, -0.2) is 13.8 Å². The molecule has 0 saturated carbocycles. The molecule has 0 spiro atoms. The van der Waals surface area contributed by atoms with Crippen LogP contribution in [-0.4, -0.2) is 101 Å². The number of alkyl halides is 1. The maximum absolute atomic E-state index is 13.8. The number of halogens is 3. The number of likely N-dealkylation sites (N-methyl/N-ethyl adjacent to an activating group) is 2. The number of aryl methyl sites for hydroxylation is 2. The first kappa shape index (κ1) is 53.6. The van der Waals surface area contributed by atoms with Crippen molar-refractivity contribution in [3.05, 3.63) is 124 Å². The Labute approximate surface area is 395 Å². The Morgan fingerprint density at radius 2 is 1.34 bits per heavy atom. The van der Waals surface area contributed by atoms with E-state index in [1.807, 2.05) is 76.7 Å². The molecule has 344 valence electrons. The third kappa shape index (κ3) is 18.0. The minimum Gasteiger partial charge on any atom is -0.492 e. The predicted octanol–water partition coefficient (Wildman–Crippen LogP) is 9.62. The first-order valence-corrected chi connectivity index (χ1v) is 23.3. The molecule has 5 aromatic rings. The molecule has 1 aromatic heterocycles. The van der Waals surface area contributed by atoms with Crippen molar-refractivity contribution in [3.8, 4) is 11.5 Å². The summed E-state index contributed by atoms with van der Waals surface area (Å²) >= 11 is 13.0. The van der Waals surface area contributed by atoms with Crippen molar-refractivity contribution in [1.29, 1.82) is 0 Å². The van der Waals surface area contributed by atoms with E-state index in [0.717, 1.165) is 39.7 Å². The molecule has 0 saturated heterocycles. The SMILES string of the molecule is C[C@H](COc1ccc(NC(=S)N=C(N)SCP)cc1)N(C)C.Cc1ccc(C(=O)CCl)cc1F.Cc1ccc(C(=O)c2sc(Nc3ccc(OC[C@@H](C)N(C)C)cc3)nc2N)cc1F. The first-order valence-electron chi connectivity index (χ1n) is 19.8. The average molecular weight is 974 g/mol. The highest BCUT2D eigenvalue weighted by Gasteiger charge is 2.19. The number of carbonyl (C=O) groups is 2. The van der Waals surface area contributed by atoms with E-state index in [1.165, 1.54) is 23.9 Å². The van der Waals surface area contributed by atoms with E-state index < -0.39 is 5.82 Å². The van der Waals surface area contributed by atoms with Gasteiger partial charge in [0.15, 0.2) is 21.2 Å². The van der Waals surface area contributed by atoms with Crippen LogP contribution in [0.15, 0.2) is 89.9 Å². The van der Waals surface area contributed by atoms with Gasteiger partial charge in [-0.15, -0.1) is 20.8 Å². The van der Waals surface area contributed by atoms with Gasteiger partial charge in [-0.3, -0.25) is 9.59 Å². The number of nitrogen functional groups attached to an aromatic ring is 1. The van der Waals surface area contributed by atoms with Crippen molar-refractivity contribution in [2.45, 2.75) is 39.8 Å². The highest BCUT2D eigenvalue weighted by molar-refractivity contribution is 8.16. The summed E-state index contributed by atoms with van der Waals surface area (Å²) < 4.78 is 38.2. The summed E-state index contributed by atoms with van der Waals surface area (Å²) in [6.07, 6.45) is 0. The van der Waals surface area contributed by atoms with Crippen molar-refractivity contribution in [2.24, 2.45) is 10.7 Å². The molecule has 64 heavy (non-hydrogen) atoms. The van der Waals surface area contributed by atoms with Gasteiger partial charge < -0.3 is 41.4 Å². The Balaban J connectivity index is 0.000000280. The third-order valence-electron chi connectivity index (χ3n) is 9.31. The van der Waals surface area contributed by atoms with Gasteiger partial charge in [0.2, 0.25) is 5.78 Å². The molecule has 0 amide bonds. The van der Waals surface area contributed by atoms with Gasteiger partial charge in [0.1, 0.15) is 47.0 Å². The van der Waals surface area contributed by atoms with Crippen LogP contribution >= 0.6 is 56.2 Å². The number of rotatable bonds is 16. The Hall–Kier alpha value is -4.74. The lowest BCUT2D eigenvalue weighted by Crippen LogP contribution is -2.30. The maximum Gasteiger partial charge on any atom is 0.206 e. The van der Waals surface area contributed by atoms with E-state index in [-0.39, 0.29) is 39.5 Å². The molecule has 0 aliphatic rings. The molecule has 19 heteroatoms. The molecule has 0 aliphatic carbocycles. The van der Waals surface area contributed by atoms with E-state index in [9.17, 15) is 18.4 Å². The zero-order chi connectivity index (χ0) is 47.5. The van der Waals surface area contributed by atoms with Crippen LogP contribution in [0.4, 0.5) is 31.1 Å². The maximum atomic E-state index is 13.8. The molecular weight excluding hydrogens is 917 g/mol. The van der Waals surface area contributed by atoms with Crippen LogP contribution < -0.4 is 31.6 Å². The fourth-order valence-corrected chi connectivity index (χ4v) is 6.88. The second-order valence-electron chi connectivity index (χ2n) is 14.7. The Bertz CT molecular complexity index is 2340. The van der Waals surface area contributed by atoms with Crippen LogP contribution in [0.2, 0.25) is 0 Å². The van der Waals surface area contributed by atoms with Crippen molar-refractivity contribution < 1.29 is 27.8 Å².